The Bertz CT molecular complexity index is 1330. The van der Waals surface area contributed by atoms with Crippen LogP contribution < -0.4 is 10.1 Å². The molecule has 0 spiro atoms. The monoisotopic (exact) mass is 443 g/mol. The van der Waals surface area contributed by atoms with Crippen molar-refractivity contribution in [3.05, 3.63) is 77.9 Å². The molecule has 1 aromatic heterocycles. The Morgan fingerprint density at radius 3 is 2.75 bits per heavy atom. The molecule has 0 radical (unpaired) electrons. The SMILES string of the molecule is COc1ccccc1C1=NOC(C(=O)Nc2ccc(-c3nc4ccc(C)cc4s3)cc2)C1. The number of carbonyl (C=O) groups is 1. The van der Waals surface area contributed by atoms with Crippen molar-refractivity contribution in [2.75, 3.05) is 12.4 Å². The van der Waals surface area contributed by atoms with E-state index in [0.717, 1.165) is 21.7 Å². The van der Waals surface area contributed by atoms with E-state index < -0.39 is 6.10 Å². The summed E-state index contributed by atoms with van der Waals surface area (Å²) >= 11 is 1.66. The van der Waals surface area contributed by atoms with Gasteiger partial charge in [-0.1, -0.05) is 23.4 Å². The molecule has 1 atom stereocenters. The summed E-state index contributed by atoms with van der Waals surface area (Å²) in [5.74, 6) is 0.471. The third-order valence-electron chi connectivity index (χ3n) is 5.32. The van der Waals surface area contributed by atoms with Crippen molar-refractivity contribution in [3.63, 3.8) is 0 Å². The molecule has 0 saturated heterocycles. The van der Waals surface area contributed by atoms with Crippen molar-refractivity contribution in [2.45, 2.75) is 19.4 Å². The first-order chi connectivity index (χ1) is 15.6. The lowest BCUT2D eigenvalue weighted by Crippen LogP contribution is -2.28. The van der Waals surface area contributed by atoms with Gasteiger partial charge in [0.2, 0.25) is 6.10 Å². The molecule has 7 heteroatoms. The number of nitrogens with one attached hydrogen (secondary N) is 1. The maximum atomic E-state index is 12.7. The van der Waals surface area contributed by atoms with Crippen molar-refractivity contribution in [1.82, 2.24) is 4.98 Å². The zero-order chi connectivity index (χ0) is 22.1. The van der Waals surface area contributed by atoms with E-state index in [9.17, 15) is 4.79 Å². The van der Waals surface area contributed by atoms with Gasteiger partial charge in [-0.05, 0) is 61.0 Å². The smallest absolute Gasteiger partial charge is 0.268 e. The molecule has 1 amide bonds. The summed E-state index contributed by atoms with van der Waals surface area (Å²) in [4.78, 5) is 22.8. The molecule has 32 heavy (non-hydrogen) atoms. The van der Waals surface area contributed by atoms with Crippen molar-refractivity contribution >= 4 is 38.9 Å². The van der Waals surface area contributed by atoms with Crippen LogP contribution in [0.1, 0.15) is 17.5 Å². The highest BCUT2D eigenvalue weighted by Crippen LogP contribution is 2.31. The lowest BCUT2D eigenvalue weighted by Gasteiger charge is -2.10. The molecule has 1 N–H and O–H groups in total. The second-order valence-corrected chi connectivity index (χ2v) is 8.62. The number of ether oxygens (including phenoxy) is 1. The van der Waals surface area contributed by atoms with Crippen LogP contribution in [0.3, 0.4) is 0 Å². The van der Waals surface area contributed by atoms with Crippen LogP contribution in [0.5, 0.6) is 5.75 Å². The summed E-state index contributed by atoms with van der Waals surface area (Å²) in [6.45, 7) is 2.08. The first kappa shape index (κ1) is 20.2. The van der Waals surface area contributed by atoms with Gasteiger partial charge in [0.05, 0.1) is 23.0 Å². The summed E-state index contributed by atoms with van der Waals surface area (Å²) in [7, 11) is 1.61. The number of amides is 1. The summed E-state index contributed by atoms with van der Waals surface area (Å²) in [6, 6.07) is 21.5. The van der Waals surface area contributed by atoms with E-state index in [1.165, 1.54) is 10.3 Å². The number of carbonyl (C=O) groups excluding carboxylic acids is 1. The van der Waals surface area contributed by atoms with Crippen LogP contribution in [0.4, 0.5) is 5.69 Å². The predicted octanol–water partition coefficient (Wildman–Crippen LogP) is 5.41. The highest BCUT2D eigenvalue weighted by atomic mass is 32.1. The van der Waals surface area contributed by atoms with Gasteiger partial charge in [-0.2, -0.15) is 0 Å². The number of oxime groups is 1. The van der Waals surface area contributed by atoms with Crippen LogP contribution in [-0.2, 0) is 9.63 Å². The van der Waals surface area contributed by atoms with Crippen LogP contribution in [0, 0.1) is 6.92 Å². The largest absolute Gasteiger partial charge is 0.496 e. The Morgan fingerprint density at radius 2 is 1.94 bits per heavy atom. The second-order valence-electron chi connectivity index (χ2n) is 7.59. The molecule has 6 nitrogen and oxygen atoms in total. The fourth-order valence-electron chi connectivity index (χ4n) is 3.63. The number of aryl methyl sites for hydroxylation is 1. The number of methoxy groups -OCH3 is 1. The van der Waals surface area contributed by atoms with Crippen LogP contribution in [0.15, 0.2) is 71.9 Å². The molecule has 4 aromatic rings. The van der Waals surface area contributed by atoms with Gasteiger partial charge >= 0.3 is 0 Å². The fourth-order valence-corrected chi connectivity index (χ4v) is 4.70. The van der Waals surface area contributed by atoms with Gasteiger partial charge in [0.1, 0.15) is 10.8 Å². The van der Waals surface area contributed by atoms with Crippen LogP contribution in [0.25, 0.3) is 20.8 Å². The maximum Gasteiger partial charge on any atom is 0.268 e. The van der Waals surface area contributed by atoms with E-state index >= 15 is 0 Å². The van der Waals surface area contributed by atoms with E-state index in [1.54, 1.807) is 18.4 Å². The Kier molecular flexibility index (Phi) is 5.33. The summed E-state index contributed by atoms with van der Waals surface area (Å²) < 4.78 is 6.55. The molecular weight excluding hydrogens is 422 g/mol. The summed E-state index contributed by atoms with van der Waals surface area (Å²) in [5, 5.41) is 7.98. The number of rotatable bonds is 5. The minimum Gasteiger partial charge on any atom is -0.496 e. The molecule has 1 unspecified atom stereocenters. The summed E-state index contributed by atoms with van der Waals surface area (Å²) in [5.41, 5.74) is 5.46. The van der Waals surface area contributed by atoms with Gasteiger partial charge in [-0.15, -0.1) is 11.3 Å². The minimum absolute atomic E-state index is 0.234. The average molecular weight is 444 g/mol. The molecule has 0 fully saturated rings. The van der Waals surface area contributed by atoms with Crippen molar-refractivity contribution in [2.24, 2.45) is 5.16 Å². The zero-order valence-corrected chi connectivity index (χ0v) is 18.5. The number of hydrogen-bond donors (Lipinski definition) is 1. The number of fused-ring (bicyclic) bond motifs is 1. The number of anilines is 1. The highest BCUT2D eigenvalue weighted by Gasteiger charge is 2.30. The number of para-hydroxylation sites is 1. The molecule has 3 aromatic carbocycles. The zero-order valence-electron chi connectivity index (χ0n) is 17.7. The van der Waals surface area contributed by atoms with Crippen LogP contribution >= 0.6 is 11.3 Å². The summed E-state index contributed by atoms with van der Waals surface area (Å²) in [6.07, 6.45) is -0.294. The Morgan fingerprint density at radius 1 is 1.12 bits per heavy atom. The molecule has 0 aliphatic carbocycles. The molecule has 0 saturated carbocycles. The van der Waals surface area contributed by atoms with Gasteiger partial charge in [0, 0.05) is 23.2 Å². The first-order valence-electron chi connectivity index (χ1n) is 10.3. The Hall–Kier alpha value is -3.71. The molecule has 1 aliphatic rings. The fraction of sp³-hybridized carbons (Fsp3) is 0.160. The Balaban J connectivity index is 1.25. The van der Waals surface area contributed by atoms with E-state index in [4.69, 9.17) is 14.6 Å². The van der Waals surface area contributed by atoms with E-state index in [1.807, 2.05) is 54.6 Å². The molecule has 2 heterocycles. The predicted molar refractivity (Wildman–Crippen MR) is 127 cm³/mol. The first-order valence-corrected chi connectivity index (χ1v) is 11.1. The molecule has 5 rings (SSSR count). The van der Waals surface area contributed by atoms with E-state index in [-0.39, 0.29) is 5.91 Å². The average Bonchev–Trinajstić information content (AvgIpc) is 3.47. The maximum absolute atomic E-state index is 12.7. The van der Waals surface area contributed by atoms with Gasteiger partial charge in [0.15, 0.2) is 0 Å². The second kappa shape index (κ2) is 8.43. The van der Waals surface area contributed by atoms with Crippen molar-refractivity contribution in [3.8, 4) is 16.3 Å². The Labute approximate surface area is 189 Å². The standard InChI is InChI=1S/C25H21N3O3S/c1-15-7-12-19-23(13-15)32-25(27-19)16-8-10-17(11-9-16)26-24(29)22-14-20(28-31-22)18-5-3-4-6-21(18)30-2/h3-13,22H,14H2,1-2H3,(H,26,29). The minimum atomic E-state index is -0.679. The quantitative estimate of drug-likeness (QED) is 0.447. The molecular formula is C25H21N3O3S. The van der Waals surface area contributed by atoms with Crippen molar-refractivity contribution < 1.29 is 14.4 Å². The van der Waals surface area contributed by atoms with E-state index in [2.05, 4.69) is 29.5 Å². The van der Waals surface area contributed by atoms with Gasteiger partial charge < -0.3 is 14.9 Å². The van der Waals surface area contributed by atoms with Gasteiger partial charge in [0.25, 0.3) is 5.91 Å². The molecule has 1 aliphatic heterocycles. The third-order valence-corrected chi connectivity index (χ3v) is 6.39. The third kappa shape index (κ3) is 3.94. The number of hydrogen-bond acceptors (Lipinski definition) is 6. The number of aromatic nitrogens is 1. The highest BCUT2D eigenvalue weighted by molar-refractivity contribution is 7.21. The number of thiazole rings is 1. The number of nitrogens with zero attached hydrogens (tertiary/aromatic N) is 2. The molecule has 160 valence electrons. The topological polar surface area (TPSA) is 72.8 Å². The van der Waals surface area contributed by atoms with Crippen LogP contribution in [0.2, 0.25) is 0 Å². The van der Waals surface area contributed by atoms with E-state index in [0.29, 0.717) is 23.6 Å². The normalized spacial score (nSPS) is 15.3. The van der Waals surface area contributed by atoms with Crippen molar-refractivity contribution in [1.29, 1.82) is 0 Å². The molecule has 0 bridgehead atoms. The lowest BCUT2D eigenvalue weighted by molar-refractivity contribution is -0.125. The van der Waals surface area contributed by atoms with Gasteiger partial charge in [-0.25, -0.2) is 4.98 Å². The van der Waals surface area contributed by atoms with Crippen LogP contribution in [-0.4, -0.2) is 29.8 Å². The number of benzene rings is 3. The van der Waals surface area contributed by atoms with Gasteiger partial charge in [-0.3, -0.25) is 4.79 Å². The lowest BCUT2D eigenvalue weighted by atomic mass is 10.0.